The summed E-state index contributed by atoms with van der Waals surface area (Å²) < 4.78 is 5.18. The van der Waals surface area contributed by atoms with Crippen molar-refractivity contribution in [3.8, 4) is 5.75 Å². The Bertz CT molecular complexity index is 946. The molecule has 9 heteroatoms. The second kappa shape index (κ2) is 9.47. The minimum atomic E-state index is -0.411. The molecular weight excluding hydrogens is 378 g/mol. The first-order valence-electron chi connectivity index (χ1n) is 8.44. The highest BCUT2D eigenvalue weighted by Crippen LogP contribution is 2.23. The Morgan fingerprint density at radius 2 is 2.07 bits per heavy atom. The number of carbonyl (C=O) groups is 2. The molecule has 0 aliphatic rings. The topological polar surface area (TPSA) is 105 Å². The largest absolute Gasteiger partial charge is 0.497 e. The summed E-state index contributed by atoms with van der Waals surface area (Å²) in [5.74, 6) is 0.0189. The molecular formula is C19H19N5O3S. The van der Waals surface area contributed by atoms with E-state index in [-0.39, 0.29) is 18.1 Å². The van der Waals surface area contributed by atoms with Gasteiger partial charge in [-0.05, 0) is 23.8 Å². The van der Waals surface area contributed by atoms with E-state index < -0.39 is 5.91 Å². The highest BCUT2D eigenvalue weighted by atomic mass is 32.1. The number of hydrogen-bond donors (Lipinski definition) is 3. The normalized spacial score (nSPS) is 10.2. The predicted molar refractivity (Wildman–Crippen MR) is 107 cm³/mol. The van der Waals surface area contributed by atoms with Gasteiger partial charge in [-0.25, -0.2) is 4.98 Å². The minimum Gasteiger partial charge on any atom is -0.497 e. The summed E-state index contributed by atoms with van der Waals surface area (Å²) in [6.07, 6.45) is 3.34. The molecule has 3 aromatic rings. The number of nitrogens with zero attached hydrogens (tertiary/aromatic N) is 2. The van der Waals surface area contributed by atoms with Crippen LogP contribution in [0.4, 0.5) is 10.8 Å². The van der Waals surface area contributed by atoms with E-state index in [0.717, 1.165) is 17.0 Å². The van der Waals surface area contributed by atoms with E-state index in [1.807, 2.05) is 30.3 Å². The summed E-state index contributed by atoms with van der Waals surface area (Å²) in [6, 6.07) is 11.0. The van der Waals surface area contributed by atoms with Crippen LogP contribution < -0.4 is 20.7 Å². The van der Waals surface area contributed by atoms with Gasteiger partial charge in [0, 0.05) is 36.1 Å². The molecule has 0 aliphatic carbocycles. The number of amides is 2. The Hall–Kier alpha value is -3.46. The van der Waals surface area contributed by atoms with Crippen molar-refractivity contribution < 1.29 is 14.3 Å². The van der Waals surface area contributed by atoms with Gasteiger partial charge in [0.2, 0.25) is 5.91 Å². The van der Waals surface area contributed by atoms with Crippen molar-refractivity contribution in [1.82, 2.24) is 20.6 Å². The van der Waals surface area contributed by atoms with Gasteiger partial charge in [-0.3, -0.25) is 14.6 Å². The standard InChI is InChI=1S/C19H19N5O3S/c1-27-15-6-2-5-14(8-15)23-19-24-16(12-28-19)18(26)22-11-17(25)21-10-13-4-3-7-20-9-13/h2-9,12H,10-11H2,1H3,(H,21,25)(H,22,26)(H,23,24). The highest BCUT2D eigenvalue weighted by Gasteiger charge is 2.12. The number of methoxy groups -OCH3 is 1. The monoisotopic (exact) mass is 397 g/mol. The van der Waals surface area contributed by atoms with Gasteiger partial charge in [-0.15, -0.1) is 11.3 Å². The molecule has 3 rings (SSSR count). The Morgan fingerprint density at radius 1 is 1.18 bits per heavy atom. The zero-order valence-electron chi connectivity index (χ0n) is 15.1. The van der Waals surface area contributed by atoms with Crippen molar-refractivity contribution in [2.45, 2.75) is 6.54 Å². The molecule has 0 spiro atoms. The van der Waals surface area contributed by atoms with Crippen LogP contribution in [0.3, 0.4) is 0 Å². The smallest absolute Gasteiger partial charge is 0.271 e. The summed E-state index contributed by atoms with van der Waals surface area (Å²) in [7, 11) is 1.60. The average Bonchev–Trinajstić information content (AvgIpc) is 3.20. The average molecular weight is 397 g/mol. The molecule has 28 heavy (non-hydrogen) atoms. The summed E-state index contributed by atoms with van der Waals surface area (Å²) in [4.78, 5) is 32.3. The van der Waals surface area contributed by atoms with Gasteiger partial charge in [0.05, 0.1) is 13.7 Å². The van der Waals surface area contributed by atoms with Crippen LogP contribution in [0.25, 0.3) is 0 Å². The van der Waals surface area contributed by atoms with Crippen LogP contribution in [0.1, 0.15) is 16.1 Å². The third-order valence-corrected chi connectivity index (χ3v) is 4.44. The summed E-state index contributed by atoms with van der Waals surface area (Å²) in [6.45, 7) is 0.225. The van der Waals surface area contributed by atoms with Crippen LogP contribution in [0, 0.1) is 0 Å². The fourth-order valence-corrected chi connectivity index (χ4v) is 2.99. The number of thiazole rings is 1. The fourth-order valence-electron chi connectivity index (χ4n) is 2.28. The third kappa shape index (κ3) is 5.52. The Kier molecular flexibility index (Phi) is 6.53. The number of rotatable bonds is 8. The van der Waals surface area contributed by atoms with Crippen molar-refractivity contribution in [2.24, 2.45) is 0 Å². The predicted octanol–water partition coefficient (Wildman–Crippen LogP) is 2.34. The molecule has 0 aliphatic heterocycles. The number of aromatic nitrogens is 2. The van der Waals surface area contributed by atoms with Gasteiger partial charge in [0.1, 0.15) is 11.4 Å². The van der Waals surface area contributed by atoms with E-state index in [0.29, 0.717) is 11.7 Å². The molecule has 2 amide bonds. The van der Waals surface area contributed by atoms with E-state index in [1.165, 1.54) is 11.3 Å². The Labute approximate surface area is 166 Å². The van der Waals surface area contributed by atoms with E-state index in [1.54, 1.807) is 30.9 Å². The summed E-state index contributed by atoms with van der Waals surface area (Å²) in [5, 5.41) is 10.6. The zero-order valence-corrected chi connectivity index (χ0v) is 16.0. The van der Waals surface area contributed by atoms with Crippen molar-refractivity contribution in [2.75, 3.05) is 19.0 Å². The lowest BCUT2D eigenvalue weighted by molar-refractivity contribution is -0.120. The summed E-state index contributed by atoms with van der Waals surface area (Å²) >= 11 is 1.30. The lowest BCUT2D eigenvalue weighted by Gasteiger charge is -2.06. The van der Waals surface area contributed by atoms with Crippen molar-refractivity contribution >= 4 is 34.0 Å². The van der Waals surface area contributed by atoms with Crippen LogP contribution >= 0.6 is 11.3 Å². The van der Waals surface area contributed by atoms with Crippen molar-refractivity contribution in [3.05, 3.63) is 65.4 Å². The molecule has 1 aromatic carbocycles. The van der Waals surface area contributed by atoms with Crippen LogP contribution in [0.15, 0.2) is 54.2 Å². The number of hydrogen-bond acceptors (Lipinski definition) is 7. The lowest BCUT2D eigenvalue weighted by atomic mass is 10.3. The first-order valence-corrected chi connectivity index (χ1v) is 9.32. The first-order chi connectivity index (χ1) is 13.6. The van der Waals surface area contributed by atoms with Gasteiger partial charge in [-0.1, -0.05) is 12.1 Å². The van der Waals surface area contributed by atoms with Gasteiger partial charge < -0.3 is 20.7 Å². The first kappa shape index (κ1) is 19.3. The van der Waals surface area contributed by atoms with Crippen LogP contribution in [0.5, 0.6) is 5.75 Å². The summed E-state index contributed by atoms with van der Waals surface area (Å²) in [5.41, 5.74) is 1.93. The van der Waals surface area contributed by atoms with E-state index >= 15 is 0 Å². The van der Waals surface area contributed by atoms with Gasteiger partial charge in [0.15, 0.2) is 5.13 Å². The molecule has 0 saturated carbocycles. The molecule has 8 nitrogen and oxygen atoms in total. The molecule has 0 fully saturated rings. The van der Waals surface area contributed by atoms with E-state index in [4.69, 9.17) is 4.74 Å². The quantitative estimate of drug-likeness (QED) is 0.539. The number of benzene rings is 1. The van der Waals surface area contributed by atoms with E-state index in [2.05, 4.69) is 25.9 Å². The molecule has 0 atom stereocenters. The molecule has 0 saturated heterocycles. The number of carbonyl (C=O) groups excluding carboxylic acids is 2. The second-order valence-corrected chi connectivity index (χ2v) is 6.57. The van der Waals surface area contributed by atoms with Crippen molar-refractivity contribution in [1.29, 1.82) is 0 Å². The number of pyridine rings is 1. The maximum Gasteiger partial charge on any atom is 0.271 e. The zero-order chi connectivity index (χ0) is 19.8. The molecule has 2 heterocycles. The molecule has 144 valence electrons. The second-order valence-electron chi connectivity index (χ2n) is 5.72. The number of anilines is 2. The number of ether oxygens (including phenoxy) is 1. The van der Waals surface area contributed by atoms with E-state index in [9.17, 15) is 9.59 Å². The Morgan fingerprint density at radius 3 is 2.86 bits per heavy atom. The highest BCUT2D eigenvalue weighted by molar-refractivity contribution is 7.14. The van der Waals surface area contributed by atoms with Crippen molar-refractivity contribution in [3.63, 3.8) is 0 Å². The third-order valence-electron chi connectivity index (χ3n) is 3.68. The maximum atomic E-state index is 12.2. The molecule has 0 bridgehead atoms. The molecule has 0 radical (unpaired) electrons. The fraction of sp³-hybridized carbons (Fsp3) is 0.158. The molecule has 2 aromatic heterocycles. The van der Waals surface area contributed by atoms with Gasteiger partial charge in [-0.2, -0.15) is 0 Å². The maximum absolute atomic E-state index is 12.2. The Balaban J connectivity index is 1.47. The van der Waals surface area contributed by atoms with Crippen LogP contribution in [0.2, 0.25) is 0 Å². The molecule has 3 N–H and O–H groups in total. The molecule has 0 unspecified atom stereocenters. The number of nitrogens with one attached hydrogen (secondary N) is 3. The van der Waals surface area contributed by atoms with Gasteiger partial charge >= 0.3 is 0 Å². The van der Waals surface area contributed by atoms with Gasteiger partial charge in [0.25, 0.3) is 5.91 Å². The minimum absolute atomic E-state index is 0.130. The van der Waals surface area contributed by atoms with Crippen LogP contribution in [-0.4, -0.2) is 35.4 Å². The van der Waals surface area contributed by atoms with Crippen LogP contribution in [-0.2, 0) is 11.3 Å². The SMILES string of the molecule is COc1cccc(Nc2nc(C(=O)NCC(=O)NCc3cccnc3)cs2)c1. The lowest BCUT2D eigenvalue weighted by Crippen LogP contribution is -2.36.